The summed E-state index contributed by atoms with van der Waals surface area (Å²) in [6.45, 7) is 2.02. The van der Waals surface area contributed by atoms with Crippen molar-refractivity contribution in [2.45, 2.75) is 64.1 Å². The van der Waals surface area contributed by atoms with E-state index in [1.807, 2.05) is 19.1 Å². The minimum Gasteiger partial charge on any atom is -0.483 e. The van der Waals surface area contributed by atoms with Crippen molar-refractivity contribution in [1.29, 1.82) is 0 Å². The maximum atomic E-state index is 13.3. The number of benzene rings is 2. The molecule has 1 aliphatic carbocycles. The highest BCUT2D eigenvalue weighted by molar-refractivity contribution is 9.10. The molecule has 5 nitrogen and oxygen atoms in total. The Hall–Kier alpha value is -1.76. The smallest absolute Gasteiger partial charge is 0.261 e. The Bertz CT molecular complexity index is 949. The Morgan fingerprint density at radius 3 is 2.39 bits per heavy atom. The van der Waals surface area contributed by atoms with Gasteiger partial charge in [-0.15, -0.1) is 0 Å². The molecule has 8 heteroatoms. The molecule has 0 aliphatic heterocycles. The number of halogens is 3. The largest absolute Gasteiger partial charge is 0.483 e. The standard InChI is InChI=1S/C25H29BrCl2N2O3/c1-2-22(25(32)29-20-6-4-3-5-7-20)30(15-17-8-10-18(27)11-9-17)24(31)16-33-23-13-12-19(28)14-21(23)26/h8-14,20,22H,2-7,15-16H2,1H3,(H,29,32). The molecule has 2 aromatic rings. The number of hydrogen-bond donors (Lipinski definition) is 1. The summed E-state index contributed by atoms with van der Waals surface area (Å²) in [7, 11) is 0. The Morgan fingerprint density at radius 2 is 1.76 bits per heavy atom. The summed E-state index contributed by atoms with van der Waals surface area (Å²) in [5, 5.41) is 4.36. The molecule has 1 atom stereocenters. The first kappa shape index (κ1) is 25.9. The van der Waals surface area contributed by atoms with Crippen molar-refractivity contribution in [3.05, 3.63) is 62.5 Å². The fourth-order valence-electron chi connectivity index (χ4n) is 4.06. The lowest BCUT2D eigenvalue weighted by Gasteiger charge is -2.32. The second kappa shape index (κ2) is 12.6. The van der Waals surface area contributed by atoms with Crippen molar-refractivity contribution in [3.63, 3.8) is 0 Å². The lowest BCUT2D eigenvalue weighted by molar-refractivity contribution is -0.143. The van der Waals surface area contributed by atoms with Gasteiger partial charge in [-0.05, 0) is 71.1 Å². The van der Waals surface area contributed by atoms with E-state index in [1.54, 1.807) is 35.2 Å². The number of rotatable bonds is 9. The number of amides is 2. The minimum absolute atomic E-state index is 0.112. The monoisotopic (exact) mass is 554 g/mol. The molecule has 0 radical (unpaired) electrons. The van der Waals surface area contributed by atoms with Gasteiger partial charge in [-0.1, -0.05) is 61.5 Å². The number of nitrogens with zero attached hydrogens (tertiary/aromatic N) is 1. The minimum atomic E-state index is -0.590. The van der Waals surface area contributed by atoms with Gasteiger partial charge in [-0.2, -0.15) is 0 Å². The van der Waals surface area contributed by atoms with Gasteiger partial charge in [0.25, 0.3) is 5.91 Å². The highest BCUT2D eigenvalue weighted by atomic mass is 79.9. The van der Waals surface area contributed by atoms with Crippen molar-refractivity contribution in [3.8, 4) is 5.75 Å². The summed E-state index contributed by atoms with van der Waals surface area (Å²) in [5.41, 5.74) is 0.893. The first-order valence-electron chi connectivity index (χ1n) is 11.3. The van der Waals surface area contributed by atoms with Gasteiger partial charge < -0.3 is 15.0 Å². The van der Waals surface area contributed by atoms with Gasteiger partial charge in [0.15, 0.2) is 6.61 Å². The molecule has 1 aliphatic rings. The molecule has 0 heterocycles. The predicted molar refractivity (Wildman–Crippen MR) is 136 cm³/mol. The van der Waals surface area contributed by atoms with Crippen LogP contribution in [0, 0.1) is 0 Å². The number of carbonyl (C=O) groups is 2. The maximum absolute atomic E-state index is 13.3. The molecule has 0 spiro atoms. The van der Waals surface area contributed by atoms with Gasteiger partial charge >= 0.3 is 0 Å². The van der Waals surface area contributed by atoms with Gasteiger partial charge in [0.2, 0.25) is 5.91 Å². The lowest BCUT2D eigenvalue weighted by atomic mass is 9.95. The zero-order valence-electron chi connectivity index (χ0n) is 18.7. The van der Waals surface area contributed by atoms with E-state index in [1.165, 1.54) is 6.42 Å². The van der Waals surface area contributed by atoms with Gasteiger partial charge in [0.05, 0.1) is 4.47 Å². The van der Waals surface area contributed by atoms with Crippen LogP contribution in [-0.4, -0.2) is 35.4 Å². The van der Waals surface area contributed by atoms with Crippen molar-refractivity contribution < 1.29 is 14.3 Å². The average Bonchev–Trinajstić information content (AvgIpc) is 2.80. The van der Waals surface area contributed by atoms with Crippen LogP contribution >= 0.6 is 39.1 Å². The Labute approximate surface area is 213 Å². The number of nitrogens with one attached hydrogen (secondary N) is 1. The Balaban J connectivity index is 1.76. The SMILES string of the molecule is CCC(C(=O)NC1CCCCC1)N(Cc1ccc(Cl)cc1)C(=O)COc1ccc(Cl)cc1Br. The first-order valence-corrected chi connectivity index (χ1v) is 12.8. The van der Waals surface area contributed by atoms with E-state index in [0.29, 0.717) is 26.7 Å². The third-order valence-corrected chi connectivity index (χ3v) is 6.96. The average molecular weight is 556 g/mol. The molecule has 2 amide bonds. The Kier molecular flexibility index (Phi) is 9.90. The predicted octanol–water partition coefficient (Wildman–Crippen LogP) is 6.39. The zero-order chi connectivity index (χ0) is 23.8. The normalized spacial score (nSPS) is 15.0. The summed E-state index contributed by atoms with van der Waals surface area (Å²) in [4.78, 5) is 28.1. The fourth-order valence-corrected chi connectivity index (χ4v) is 4.99. The lowest BCUT2D eigenvalue weighted by Crippen LogP contribution is -2.52. The van der Waals surface area contributed by atoms with E-state index in [9.17, 15) is 9.59 Å². The van der Waals surface area contributed by atoms with Crippen LogP contribution in [0.1, 0.15) is 51.0 Å². The first-order chi connectivity index (χ1) is 15.9. The molecule has 1 saturated carbocycles. The molecular weight excluding hydrogens is 527 g/mol. The zero-order valence-corrected chi connectivity index (χ0v) is 21.8. The quantitative estimate of drug-likeness (QED) is 0.390. The van der Waals surface area contributed by atoms with E-state index in [0.717, 1.165) is 31.2 Å². The third-order valence-electron chi connectivity index (χ3n) is 5.85. The molecule has 0 aromatic heterocycles. The van der Waals surface area contributed by atoms with Crippen LogP contribution in [-0.2, 0) is 16.1 Å². The molecule has 3 rings (SSSR count). The van der Waals surface area contributed by atoms with Gasteiger partial charge in [-0.25, -0.2) is 0 Å². The van der Waals surface area contributed by atoms with Crippen LogP contribution in [0.15, 0.2) is 46.9 Å². The highest BCUT2D eigenvalue weighted by Gasteiger charge is 2.30. The van der Waals surface area contributed by atoms with Crippen LogP contribution in [0.5, 0.6) is 5.75 Å². The van der Waals surface area contributed by atoms with E-state index >= 15 is 0 Å². The Morgan fingerprint density at radius 1 is 1.09 bits per heavy atom. The number of ether oxygens (including phenoxy) is 1. The van der Waals surface area contributed by atoms with E-state index < -0.39 is 6.04 Å². The molecule has 2 aromatic carbocycles. The third kappa shape index (κ3) is 7.62. The van der Waals surface area contributed by atoms with E-state index in [4.69, 9.17) is 27.9 Å². The van der Waals surface area contributed by atoms with Crippen molar-refractivity contribution in [2.75, 3.05) is 6.61 Å². The maximum Gasteiger partial charge on any atom is 0.261 e. The molecule has 1 N–H and O–H groups in total. The molecule has 1 fully saturated rings. The molecule has 33 heavy (non-hydrogen) atoms. The molecule has 0 saturated heterocycles. The van der Waals surface area contributed by atoms with E-state index in [2.05, 4.69) is 21.2 Å². The van der Waals surface area contributed by atoms with Crippen LogP contribution < -0.4 is 10.1 Å². The van der Waals surface area contributed by atoms with E-state index in [-0.39, 0.29) is 31.0 Å². The van der Waals surface area contributed by atoms with Crippen LogP contribution in [0.25, 0.3) is 0 Å². The molecule has 1 unspecified atom stereocenters. The van der Waals surface area contributed by atoms with Gasteiger partial charge in [-0.3, -0.25) is 9.59 Å². The summed E-state index contributed by atoms with van der Waals surface area (Å²) in [6.07, 6.45) is 5.94. The van der Waals surface area contributed by atoms with Crippen molar-refractivity contribution >= 4 is 50.9 Å². The molecule has 178 valence electrons. The van der Waals surface area contributed by atoms with Crippen LogP contribution in [0.4, 0.5) is 0 Å². The second-order valence-electron chi connectivity index (χ2n) is 8.28. The summed E-state index contributed by atoms with van der Waals surface area (Å²) < 4.78 is 6.43. The topological polar surface area (TPSA) is 58.6 Å². The van der Waals surface area contributed by atoms with Gasteiger partial charge in [0, 0.05) is 22.6 Å². The number of hydrogen-bond acceptors (Lipinski definition) is 3. The molecule has 0 bridgehead atoms. The molecular formula is C25H29BrCl2N2O3. The van der Waals surface area contributed by atoms with Gasteiger partial charge in [0.1, 0.15) is 11.8 Å². The number of carbonyl (C=O) groups excluding carboxylic acids is 2. The summed E-state index contributed by atoms with van der Waals surface area (Å²) in [6, 6.07) is 12.0. The fraction of sp³-hybridized carbons (Fsp3) is 0.440. The summed E-state index contributed by atoms with van der Waals surface area (Å²) in [5.74, 6) is 0.135. The van der Waals surface area contributed by atoms with Crippen molar-refractivity contribution in [2.24, 2.45) is 0 Å². The summed E-state index contributed by atoms with van der Waals surface area (Å²) >= 11 is 15.4. The highest BCUT2D eigenvalue weighted by Crippen LogP contribution is 2.28. The van der Waals surface area contributed by atoms with Crippen LogP contribution in [0.3, 0.4) is 0 Å². The van der Waals surface area contributed by atoms with Crippen molar-refractivity contribution in [1.82, 2.24) is 10.2 Å². The van der Waals surface area contributed by atoms with Crippen LogP contribution in [0.2, 0.25) is 10.0 Å². The second-order valence-corrected chi connectivity index (χ2v) is 10.0.